The second-order valence-electron chi connectivity index (χ2n) is 2.40. The summed E-state index contributed by atoms with van der Waals surface area (Å²) in [6.07, 6.45) is 1.10. The van der Waals surface area contributed by atoms with Crippen molar-refractivity contribution in [3.63, 3.8) is 0 Å². The third-order valence-corrected chi connectivity index (χ3v) is 1.87. The number of anilines is 1. The number of aromatic nitrogens is 2. The SMILES string of the molecule is CCc1nonc1NC(=O)CCBr. The lowest BCUT2D eigenvalue weighted by atomic mass is 10.3. The van der Waals surface area contributed by atoms with Crippen LogP contribution < -0.4 is 5.32 Å². The van der Waals surface area contributed by atoms with Crippen LogP contribution in [0.5, 0.6) is 0 Å². The van der Waals surface area contributed by atoms with Gasteiger partial charge in [-0.25, -0.2) is 4.63 Å². The molecule has 0 fully saturated rings. The summed E-state index contributed by atoms with van der Waals surface area (Å²) in [5.74, 6) is 0.329. The van der Waals surface area contributed by atoms with Gasteiger partial charge in [0.25, 0.3) is 0 Å². The molecule has 1 aromatic rings. The molecular formula is C7H10BrN3O2. The Labute approximate surface area is 84.0 Å². The molecule has 72 valence electrons. The molecule has 6 heteroatoms. The maximum absolute atomic E-state index is 11.1. The van der Waals surface area contributed by atoms with Gasteiger partial charge in [0.1, 0.15) is 5.69 Å². The van der Waals surface area contributed by atoms with E-state index in [9.17, 15) is 4.79 Å². The van der Waals surface area contributed by atoms with Crippen molar-refractivity contribution in [2.75, 3.05) is 10.6 Å². The summed E-state index contributed by atoms with van der Waals surface area (Å²) >= 11 is 3.17. The molecule has 0 atom stereocenters. The van der Waals surface area contributed by atoms with E-state index in [0.29, 0.717) is 29.7 Å². The lowest BCUT2D eigenvalue weighted by Gasteiger charge is -1.98. The van der Waals surface area contributed by atoms with Crippen molar-refractivity contribution >= 4 is 27.7 Å². The van der Waals surface area contributed by atoms with Crippen LogP contribution in [0.25, 0.3) is 0 Å². The molecule has 0 saturated heterocycles. The standard InChI is InChI=1S/C7H10BrN3O2/c1-2-5-7(11-13-10-5)9-6(12)3-4-8/h2-4H2,1H3,(H,9,11,12). The van der Waals surface area contributed by atoms with E-state index in [4.69, 9.17) is 0 Å². The van der Waals surface area contributed by atoms with Gasteiger partial charge in [-0.05, 0) is 11.6 Å². The summed E-state index contributed by atoms with van der Waals surface area (Å²) in [7, 11) is 0. The Hall–Kier alpha value is -0.910. The molecule has 0 aromatic carbocycles. The molecule has 0 radical (unpaired) electrons. The summed E-state index contributed by atoms with van der Waals surface area (Å²) in [6, 6.07) is 0. The van der Waals surface area contributed by atoms with Crippen molar-refractivity contribution in [1.29, 1.82) is 0 Å². The summed E-state index contributed by atoms with van der Waals surface area (Å²) in [5, 5.41) is 10.4. The highest BCUT2D eigenvalue weighted by atomic mass is 79.9. The minimum absolute atomic E-state index is 0.0951. The first kappa shape index (κ1) is 10.2. The number of nitrogens with one attached hydrogen (secondary N) is 1. The van der Waals surface area contributed by atoms with Crippen LogP contribution in [0.1, 0.15) is 19.0 Å². The van der Waals surface area contributed by atoms with Crippen molar-refractivity contribution in [1.82, 2.24) is 10.3 Å². The fourth-order valence-electron chi connectivity index (χ4n) is 0.814. The van der Waals surface area contributed by atoms with Crippen LogP contribution in [0, 0.1) is 0 Å². The monoisotopic (exact) mass is 247 g/mol. The van der Waals surface area contributed by atoms with E-state index in [1.165, 1.54) is 0 Å². The van der Waals surface area contributed by atoms with Crippen LogP contribution in [0.3, 0.4) is 0 Å². The van der Waals surface area contributed by atoms with E-state index in [-0.39, 0.29) is 5.91 Å². The Bertz CT molecular complexity index is 287. The average molecular weight is 248 g/mol. The van der Waals surface area contributed by atoms with Gasteiger partial charge in [-0.15, -0.1) is 0 Å². The van der Waals surface area contributed by atoms with Crippen molar-refractivity contribution < 1.29 is 9.42 Å². The Morgan fingerprint density at radius 3 is 3.00 bits per heavy atom. The van der Waals surface area contributed by atoms with Gasteiger partial charge in [0.2, 0.25) is 11.7 Å². The highest BCUT2D eigenvalue weighted by Gasteiger charge is 2.10. The summed E-state index contributed by atoms with van der Waals surface area (Å²) in [4.78, 5) is 11.1. The fourth-order valence-corrected chi connectivity index (χ4v) is 1.17. The van der Waals surface area contributed by atoms with Crippen molar-refractivity contribution in [3.05, 3.63) is 5.69 Å². The molecule has 0 aliphatic heterocycles. The van der Waals surface area contributed by atoms with E-state index in [0.717, 1.165) is 0 Å². The Kier molecular flexibility index (Phi) is 3.88. The normalized spacial score (nSPS) is 10.0. The molecule has 0 bridgehead atoms. The zero-order valence-electron chi connectivity index (χ0n) is 7.21. The van der Waals surface area contributed by atoms with E-state index in [1.807, 2.05) is 6.92 Å². The molecule has 0 saturated carbocycles. The third kappa shape index (κ3) is 2.80. The lowest BCUT2D eigenvalue weighted by Crippen LogP contribution is -2.13. The van der Waals surface area contributed by atoms with Gasteiger partial charge >= 0.3 is 0 Å². The first-order valence-corrected chi connectivity index (χ1v) is 5.07. The van der Waals surface area contributed by atoms with Gasteiger partial charge in [-0.2, -0.15) is 0 Å². The predicted octanol–water partition coefficient (Wildman–Crippen LogP) is 1.36. The average Bonchev–Trinajstić information content (AvgIpc) is 2.52. The molecule has 13 heavy (non-hydrogen) atoms. The number of rotatable bonds is 4. The van der Waals surface area contributed by atoms with E-state index < -0.39 is 0 Å². The van der Waals surface area contributed by atoms with Gasteiger partial charge in [0.15, 0.2) is 0 Å². The van der Waals surface area contributed by atoms with E-state index >= 15 is 0 Å². The van der Waals surface area contributed by atoms with Crippen molar-refractivity contribution in [2.45, 2.75) is 19.8 Å². The number of hydrogen-bond acceptors (Lipinski definition) is 4. The number of hydrogen-bond donors (Lipinski definition) is 1. The molecule has 1 rings (SSSR count). The molecule has 0 spiro atoms. The molecule has 0 aliphatic rings. The first-order chi connectivity index (χ1) is 6.27. The number of aryl methyl sites for hydroxylation is 1. The highest BCUT2D eigenvalue weighted by Crippen LogP contribution is 2.09. The smallest absolute Gasteiger partial charge is 0.226 e. The molecule has 1 amide bonds. The number of halogens is 1. The highest BCUT2D eigenvalue weighted by molar-refractivity contribution is 9.09. The minimum Gasteiger partial charge on any atom is -0.306 e. The number of amides is 1. The number of carbonyl (C=O) groups is 1. The number of nitrogens with zero attached hydrogens (tertiary/aromatic N) is 2. The predicted molar refractivity (Wildman–Crippen MR) is 50.7 cm³/mol. The Balaban J connectivity index is 2.57. The van der Waals surface area contributed by atoms with Gasteiger partial charge < -0.3 is 5.32 Å². The second kappa shape index (κ2) is 4.96. The van der Waals surface area contributed by atoms with Crippen molar-refractivity contribution in [2.24, 2.45) is 0 Å². The Morgan fingerprint density at radius 1 is 1.62 bits per heavy atom. The summed E-state index contributed by atoms with van der Waals surface area (Å²) in [6.45, 7) is 1.92. The Morgan fingerprint density at radius 2 is 2.38 bits per heavy atom. The molecule has 1 N–H and O–H groups in total. The quantitative estimate of drug-likeness (QED) is 0.816. The van der Waals surface area contributed by atoms with E-state index in [2.05, 4.69) is 36.2 Å². The largest absolute Gasteiger partial charge is 0.306 e. The van der Waals surface area contributed by atoms with Gasteiger partial charge in [0, 0.05) is 11.8 Å². The van der Waals surface area contributed by atoms with Gasteiger partial charge in [-0.1, -0.05) is 28.0 Å². The third-order valence-electron chi connectivity index (χ3n) is 1.47. The van der Waals surface area contributed by atoms with Gasteiger partial charge in [0.05, 0.1) is 0 Å². The van der Waals surface area contributed by atoms with Crippen LogP contribution in [0.15, 0.2) is 4.63 Å². The topological polar surface area (TPSA) is 68.0 Å². The maximum Gasteiger partial charge on any atom is 0.226 e. The minimum atomic E-state index is -0.0951. The van der Waals surface area contributed by atoms with Crippen molar-refractivity contribution in [3.8, 4) is 0 Å². The fraction of sp³-hybridized carbons (Fsp3) is 0.571. The van der Waals surface area contributed by atoms with Crippen LogP contribution in [0.4, 0.5) is 5.82 Å². The molecule has 5 nitrogen and oxygen atoms in total. The molecule has 0 aliphatic carbocycles. The van der Waals surface area contributed by atoms with E-state index in [1.54, 1.807) is 0 Å². The van der Waals surface area contributed by atoms with Crippen LogP contribution in [-0.2, 0) is 11.2 Å². The maximum atomic E-state index is 11.1. The molecule has 0 unspecified atom stereocenters. The lowest BCUT2D eigenvalue weighted by molar-refractivity contribution is -0.115. The second-order valence-corrected chi connectivity index (χ2v) is 3.19. The summed E-state index contributed by atoms with van der Waals surface area (Å²) < 4.78 is 4.49. The molecule has 1 heterocycles. The number of carbonyl (C=O) groups excluding carboxylic acids is 1. The zero-order chi connectivity index (χ0) is 9.68. The summed E-state index contributed by atoms with van der Waals surface area (Å²) in [5.41, 5.74) is 0.669. The van der Waals surface area contributed by atoms with Gasteiger partial charge in [-0.3, -0.25) is 4.79 Å². The zero-order valence-corrected chi connectivity index (χ0v) is 8.80. The van der Waals surface area contributed by atoms with Crippen LogP contribution in [0.2, 0.25) is 0 Å². The molecule has 1 aromatic heterocycles. The first-order valence-electron chi connectivity index (χ1n) is 3.95. The van der Waals surface area contributed by atoms with Crippen LogP contribution >= 0.6 is 15.9 Å². The van der Waals surface area contributed by atoms with Crippen LogP contribution in [-0.4, -0.2) is 21.6 Å². The molecular weight excluding hydrogens is 238 g/mol. The number of alkyl halides is 1.